The molecule has 0 unspecified atom stereocenters. The van der Waals surface area contributed by atoms with Gasteiger partial charge in [-0.15, -0.1) is 11.8 Å². The molecule has 0 atom stereocenters. The Morgan fingerprint density at radius 2 is 1.72 bits per heavy atom. The van der Waals surface area contributed by atoms with E-state index in [9.17, 15) is 10.5 Å². The van der Waals surface area contributed by atoms with E-state index in [1.807, 2.05) is 41.5 Å². The van der Waals surface area contributed by atoms with Gasteiger partial charge in [-0.1, -0.05) is 49.6 Å². The molecule has 1 aromatic rings. The van der Waals surface area contributed by atoms with Crippen LogP contribution in [0.3, 0.4) is 0 Å². The third-order valence-corrected chi connectivity index (χ3v) is 6.08. The van der Waals surface area contributed by atoms with Crippen LogP contribution in [0.1, 0.15) is 37.7 Å². The van der Waals surface area contributed by atoms with Crippen LogP contribution in [0.2, 0.25) is 0 Å². The Balaban J connectivity index is 2.13. The van der Waals surface area contributed by atoms with E-state index >= 15 is 0 Å². The predicted molar refractivity (Wildman–Crippen MR) is 100 cm³/mol. The van der Waals surface area contributed by atoms with Crippen LogP contribution in [-0.2, 0) is 6.54 Å². The zero-order valence-electron chi connectivity index (χ0n) is 14.5. The van der Waals surface area contributed by atoms with Crippen LogP contribution in [0.4, 0.5) is 0 Å². The van der Waals surface area contributed by atoms with E-state index in [0.717, 1.165) is 48.3 Å². The molecule has 2 aliphatic rings. The minimum absolute atomic E-state index is 0.489. The summed E-state index contributed by atoms with van der Waals surface area (Å²) in [6.45, 7) is 0.565. The van der Waals surface area contributed by atoms with Gasteiger partial charge in [0.15, 0.2) is 0 Å². The molecule has 1 heterocycles. The zero-order chi connectivity index (χ0) is 17.9. The van der Waals surface area contributed by atoms with Crippen molar-refractivity contribution in [3.8, 4) is 12.1 Å². The van der Waals surface area contributed by atoms with Gasteiger partial charge in [-0.2, -0.15) is 10.5 Å². The van der Waals surface area contributed by atoms with Gasteiger partial charge in [0.2, 0.25) is 0 Å². The van der Waals surface area contributed by atoms with Crippen LogP contribution < -0.4 is 5.73 Å². The molecule has 25 heavy (non-hydrogen) atoms. The smallest absolute Gasteiger partial charge is 0.119 e. The fraction of sp³-hybridized carbons (Fsp3) is 0.400. The van der Waals surface area contributed by atoms with Crippen molar-refractivity contribution in [2.24, 2.45) is 11.1 Å². The number of benzene rings is 1. The Hall–Kier alpha value is -2.37. The maximum Gasteiger partial charge on any atom is 0.119 e. The summed E-state index contributed by atoms with van der Waals surface area (Å²) >= 11 is 1.55. The summed E-state index contributed by atoms with van der Waals surface area (Å²) in [4.78, 5) is 1.94. The summed E-state index contributed by atoms with van der Waals surface area (Å²) in [5.74, 6) is 0.511. The Morgan fingerprint density at radius 1 is 1.08 bits per heavy atom. The molecule has 1 saturated carbocycles. The lowest BCUT2D eigenvalue weighted by molar-refractivity contribution is 0.270. The first-order valence-corrected chi connectivity index (χ1v) is 9.81. The molecule has 1 fully saturated rings. The lowest BCUT2D eigenvalue weighted by atomic mass is 9.64. The van der Waals surface area contributed by atoms with Gasteiger partial charge in [0.1, 0.15) is 5.82 Å². The molecular weight excluding hydrogens is 328 g/mol. The number of hydrogen-bond acceptors (Lipinski definition) is 5. The molecule has 0 saturated heterocycles. The fourth-order valence-corrected chi connectivity index (χ4v) is 4.89. The van der Waals surface area contributed by atoms with Crippen molar-refractivity contribution < 1.29 is 0 Å². The van der Waals surface area contributed by atoms with Crippen LogP contribution in [0.25, 0.3) is 0 Å². The Labute approximate surface area is 153 Å². The second-order valence-electron chi connectivity index (χ2n) is 6.58. The van der Waals surface area contributed by atoms with Crippen molar-refractivity contribution in [1.82, 2.24) is 4.90 Å². The van der Waals surface area contributed by atoms with Gasteiger partial charge in [0.05, 0.1) is 34.9 Å². The molecule has 0 amide bonds. The average molecular weight is 350 g/mol. The standard InChI is InChI=1S/C20H22N4S/c1-25-19-17(13-22)20(10-6-3-7-11-20)16(12-21)18(23)24(19)14-15-8-4-2-5-9-15/h2,4-5,8-9H,3,6-7,10-11,14,23H2,1H3. The summed E-state index contributed by atoms with van der Waals surface area (Å²) in [6.07, 6.45) is 6.87. The van der Waals surface area contributed by atoms with E-state index in [0.29, 0.717) is 17.9 Å². The van der Waals surface area contributed by atoms with Crippen LogP contribution >= 0.6 is 11.8 Å². The number of hydrogen-bond donors (Lipinski definition) is 1. The lowest BCUT2D eigenvalue weighted by Crippen LogP contribution is -2.41. The highest BCUT2D eigenvalue weighted by Crippen LogP contribution is 2.54. The molecule has 1 aliphatic heterocycles. The summed E-state index contributed by atoms with van der Waals surface area (Å²) in [7, 11) is 0. The molecule has 2 N–H and O–H groups in total. The molecule has 1 aliphatic carbocycles. The molecular formula is C20H22N4S. The van der Waals surface area contributed by atoms with E-state index in [2.05, 4.69) is 12.1 Å². The lowest BCUT2D eigenvalue weighted by Gasteiger charge is -2.44. The normalized spacial score (nSPS) is 19.7. The highest BCUT2D eigenvalue weighted by molar-refractivity contribution is 8.02. The molecule has 1 aromatic carbocycles. The number of allylic oxidation sites excluding steroid dienone is 2. The van der Waals surface area contributed by atoms with E-state index in [1.54, 1.807) is 11.8 Å². The van der Waals surface area contributed by atoms with Gasteiger partial charge in [-0.25, -0.2) is 0 Å². The maximum absolute atomic E-state index is 9.97. The molecule has 0 bridgehead atoms. The van der Waals surface area contributed by atoms with Crippen LogP contribution in [0, 0.1) is 28.1 Å². The summed E-state index contributed by atoms with van der Waals surface area (Å²) in [5, 5.41) is 20.7. The van der Waals surface area contributed by atoms with Crippen LogP contribution in [0.15, 0.2) is 52.3 Å². The van der Waals surface area contributed by atoms with Gasteiger partial charge in [0.25, 0.3) is 0 Å². The third kappa shape index (κ3) is 2.90. The molecule has 0 aromatic heterocycles. The Kier molecular flexibility index (Phi) is 5.06. The minimum Gasteiger partial charge on any atom is -0.384 e. The van der Waals surface area contributed by atoms with Gasteiger partial charge in [-0.3, -0.25) is 0 Å². The van der Waals surface area contributed by atoms with Crippen molar-refractivity contribution in [3.63, 3.8) is 0 Å². The second-order valence-corrected chi connectivity index (χ2v) is 7.38. The highest BCUT2D eigenvalue weighted by atomic mass is 32.2. The second kappa shape index (κ2) is 7.25. The van der Waals surface area contributed by atoms with Gasteiger partial charge in [0, 0.05) is 5.41 Å². The summed E-state index contributed by atoms with van der Waals surface area (Å²) in [6, 6.07) is 14.8. The first kappa shape index (κ1) is 17.5. The van der Waals surface area contributed by atoms with Crippen molar-refractivity contribution in [1.29, 1.82) is 10.5 Å². The number of nitrogens with zero attached hydrogens (tertiary/aromatic N) is 3. The number of rotatable bonds is 3. The average Bonchev–Trinajstić information content (AvgIpc) is 2.65. The van der Waals surface area contributed by atoms with Crippen molar-refractivity contribution in [3.05, 3.63) is 57.9 Å². The van der Waals surface area contributed by atoms with Crippen LogP contribution in [-0.4, -0.2) is 11.2 Å². The van der Waals surface area contributed by atoms with Gasteiger partial charge >= 0.3 is 0 Å². The molecule has 3 rings (SSSR count). The molecule has 5 heteroatoms. The summed E-state index contributed by atoms with van der Waals surface area (Å²) < 4.78 is 0. The predicted octanol–water partition coefficient (Wildman–Crippen LogP) is 4.24. The molecule has 0 radical (unpaired) electrons. The van der Waals surface area contributed by atoms with Crippen molar-refractivity contribution >= 4 is 11.8 Å². The molecule has 1 spiro atoms. The number of nitrogens with two attached hydrogens (primary N) is 1. The minimum atomic E-state index is -0.489. The summed E-state index contributed by atoms with van der Waals surface area (Å²) in [5.41, 5.74) is 8.41. The highest BCUT2D eigenvalue weighted by Gasteiger charge is 2.47. The van der Waals surface area contributed by atoms with Gasteiger partial charge in [-0.05, 0) is 24.7 Å². The zero-order valence-corrected chi connectivity index (χ0v) is 15.3. The first-order valence-electron chi connectivity index (χ1n) is 8.58. The van der Waals surface area contributed by atoms with Crippen molar-refractivity contribution in [2.75, 3.05) is 6.26 Å². The monoisotopic (exact) mass is 350 g/mol. The van der Waals surface area contributed by atoms with Crippen molar-refractivity contribution in [2.45, 2.75) is 38.6 Å². The first-order chi connectivity index (χ1) is 12.2. The van der Waals surface area contributed by atoms with E-state index in [4.69, 9.17) is 5.73 Å². The molecule has 128 valence electrons. The molecule has 4 nitrogen and oxygen atoms in total. The Morgan fingerprint density at radius 3 is 2.28 bits per heavy atom. The maximum atomic E-state index is 9.97. The number of nitriles is 2. The van der Waals surface area contributed by atoms with E-state index in [-0.39, 0.29) is 0 Å². The number of thioether (sulfide) groups is 1. The SMILES string of the molecule is CSC1=C(C#N)C2(CCCCC2)C(C#N)=C(N)N1Cc1ccccc1. The van der Waals surface area contributed by atoms with E-state index in [1.165, 1.54) is 0 Å². The van der Waals surface area contributed by atoms with Crippen LogP contribution in [0.5, 0.6) is 0 Å². The quantitative estimate of drug-likeness (QED) is 0.882. The Bertz CT molecular complexity index is 789. The topological polar surface area (TPSA) is 76.8 Å². The largest absolute Gasteiger partial charge is 0.384 e. The third-order valence-electron chi connectivity index (χ3n) is 5.27. The van der Waals surface area contributed by atoms with E-state index < -0.39 is 5.41 Å². The fourth-order valence-electron chi connectivity index (χ4n) is 4.06. The van der Waals surface area contributed by atoms with Gasteiger partial charge < -0.3 is 10.6 Å².